The van der Waals surface area contributed by atoms with E-state index in [-0.39, 0.29) is 17.5 Å². The number of nitrogens with zero attached hydrogens (tertiary/aromatic N) is 3. The average molecular weight is 348 g/mol. The first-order valence-electron chi connectivity index (χ1n) is 7.63. The van der Waals surface area contributed by atoms with Crippen LogP contribution in [0.3, 0.4) is 0 Å². The van der Waals surface area contributed by atoms with Gasteiger partial charge in [0.15, 0.2) is 17.8 Å². The first-order valence-corrected chi connectivity index (χ1v) is 7.63. The number of oxazole rings is 1. The molecule has 3 heterocycles. The smallest absolute Gasteiger partial charge is 0.321 e. The first kappa shape index (κ1) is 15.6. The Morgan fingerprint density at radius 3 is 2.50 bits per heavy atom. The van der Waals surface area contributed by atoms with Crippen LogP contribution in [0, 0.1) is 0 Å². The van der Waals surface area contributed by atoms with Crippen LogP contribution in [-0.4, -0.2) is 20.9 Å². The Labute approximate surface area is 147 Å². The van der Waals surface area contributed by atoms with Crippen LogP contribution < -0.4 is 10.1 Å². The second kappa shape index (κ2) is 6.89. The Bertz CT molecular complexity index is 995. The number of rotatable bonds is 5. The Balaban J connectivity index is 1.46. The summed E-state index contributed by atoms with van der Waals surface area (Å²) in [5, 5.41) is 2.75. The van der Waals surface area contributed by atoms with Crippen LogP contribution in [0.25, 0.3) is 11.5 Å². The lowest BCUT2D eigenvalue weighted by molar-refractivity contribution is 0.102. The van der Waals surface area contributed by atoms with Crippen LogP contribution in [0.4, 0.5) is 5.69 Å². The molecule has 3 aromatic heterocycles. The van der Waals surface area contributed by atoms with Crippen molar-refractivity contribution in [2.24, 2.45) is 0 Å². The van der Waals surface area contributed by atoms with Crippen LogP contribution in [-0.2, 0) is 0 Å². The molecule has 4 aromatic rings. The van der Waals surface area contributed by atoms with Gasteiger partial charge in [0.1, 0.15) is 5.75 Å². The highest BCUT2D eigenvalue weighted by molar-refractivity contribution is 6.06. The summed E-state index contributed by atoms with van der Waals surface area (Å²) in [5.74, 6) is 0.838. The van der Waals surface area contributed by atoms with E-state index in [0.29, 0.717) is 17.2 Å². The van der Waals surface area contributed by atoms with Gasteiger partial charge in [0, 0.05) is 18.1 Å². The maximum Gasteiger partial charge on any atom is 0.321 e. The lowest BCUT2D eigenvalue weighted by atomic mass is 10.2. The second-order valence-corrected chi connectivity index (χ2v) is 5.12. The summed E-state index contributed by atoms with van der Waals surface area (Å²) in [6.45, 7) is 0. The van der Waals surface area contributed by atoms with Crippen LogP contribution in [0.15, 0.2) is 76.3 Å². The van der Waals surface area contributed by atoms with Crippen molar-refractivity contribution in [3.63, 3.8) is 0 Å². The third-order valence-corrected chi connectivity index (χ3v) is 3.39. The van der Waals surface area contributed by atoms with Crippen molar-refractivity contribution in [3.05, 3.63) is 73.2 Å². The van der Waals surface area contributed by atoms with Gasteiger partial charge in [0.2, 0.25) is 5.76 Å². The molecule has 4 rings (SSSR count). The fourth-order valence-electron chi connectivity index (χ4n) is 2.23. The molecule has 0 fully saturated rings. The number of amides is 1. The third-order valence-electron chi connectivity index (χ3n) is 3.39. The zero-order valence-corrected chi connectivity index (χ0v) is 13.3. The molecule has 0 bridgehead atoms. The van der Waals surface area contributed by atoms with Crippen molar-refractivity contribution in [2.45, 2.75) is 0 Å². The van der Waals surface area contributed by atoms with Crippen molar-refractivity contribution in [1.82, 2.24) is 15.0 Å². The summed E-state index contributed by atoms with van der Waals surface area (Å²) in [5.41, 5.74) is 0.711. The molecule has 0 aliphatic heterocycles. The van der Waals surface area contributed by atoms with Crippen LogP contribution in [0.1, 0.15) is 10.5 Å². The number of benzene rings is 1. The van der Waals surface area contributed by atoms with Crippen molar-refractivity contribution in [1.29, 1.82) is 0 Å². The number of ether oxygens (including phenoxy) is 1. The van der Waals surface area contributed by atoms with Gasteiger partial charge in [-0.05, 0) is 42.5 Å². The predicted octanol–water partition coefficient (Wildman–Crippen LogP) is 3.77. The van der Waals surface area contributed by atoms with Gasteiger partial charge < -0.3 is 18.9 Å². The topological polar surface area (TPSA) is 103 Å². The first-order chi connectivity index (χ1) is 12.8. The van der Waals surface area contributed by atoms with Gasteiger partial charge in [-0.15, -0.1) is 0 Å². The molecule has 26 heavy (non-hydrogen) atoms. The molecule has 0 radical (unpaired) electrons. The molecule has 0 atom stereocenters. The maximum atomic E-state index is 12.4. The van der Waals surface area contributed by atoms with Crippen LogP contribution in [0.2, 0.25) is 0 Å². The number of hydrogen-bond donors (Lipinski definition) is 1. The summed E-state index contributed by atoms with van der Waals surface area (Å²) in [6.07, 6.45) is 5.87. The van der Waals surface area contributed by atoms with Gasteiger partial charge in [0.05, 0.1) is 6.26 Å². The minimum atomic E-state index is -0.412. The normalized spacial score (nSPS) is 10.5. The van der Waals surface area contributed by atoms with E-state index >= 15 is 0 Å². The van der Waals surface area contributed by atoms with E-state index in [1.807, 2.05) is 0 Å². The van der Waals surface area contributed by atoms with E-state index in [4.69, 9.17) is 13.6 Å². The molecule has 0 unspecified atom stereocenters. The van der Waals surface area contributed by atoms with Gasteiger partial charge >= 0.3 is 6.01 Å². The molecule has 0 spiro atoms. The van der Waals surface area contributed by atoms with Gasteiger partial charge in [-0.2, -0.15) is 0 Å². The molecule has 128 valence electrons. The number of anilines is 1. The molecule has 0 aliphatic carbocycles. The highest BCUT2D eigenvalue weighted by atomic mass is 16.5. The van der Waals surface area contributed by atoms with E-state index in [1.54, 1.807) is 54.9 Å². The Kier molecular flexibility index (Phi) is 4.13. The average Bonchev–Trinajstić information content (AvgIpc) is 3.35. The largest absolute Gasteiger partial charge is 0.461 e. The molecule has 0 aliphatic rings. The zero-order valence-electron chi connectivity index (χ0n) is 13.3. The van der Waals surface area contributed by atoms with E-state index in [0.717, 1.165) is 0 Å². The van der Waals surface area contributed by atoms with Crippen LogP contribution in [0.5, 0.6) is 11.8 Å². The predicted molar refractivity (Wildman–Crippen MR) is 90.7 cm³/mol. The minimum Gasteiger partial charge on any atom is -0.461 e. The number of aromatic nitrogens is 3. The Hall–Kier alpha value is -3.94. The van der Waals surface area contributed by atoms with Crippen molar-refractivity contribution in [3.8, 4) is 23.3 Å². The van der Waals surface area contributed by atoms with Gasteiger partial charge in [0.25, 0.3) is 5.91 Å². The van der Waals surface area contributed by atoms with Crippen molar-refractivity contribution < 1.29 is 18.4 Å². The number of carbonyl (C=O) groups excluding carboxylic acids is 1. The lowest BCUT2D eigenvalue weighted by Crippen LogP contribution is -2.13. The molecule has 1 aromatic carbocycles. The van der Waals surface area contributed by atoms with Gasteiger partial charge in [-0.1, -0.05) is 0 Å². The third kappa shape index (κ3) is 3.29. The number of carbonyl (C=O) groups is 1. The Morgan fingerprint density at radius 2 is 1.77 bits per heavy atom. The minimum absolute atomic E-state index is 0.137. The van der Waals surface area contributed by atoms with Gasteiger partial charge in [-0.3, -0.25) is 4.79 Å². The molecule has 0 saturated heterocycles. The lowest BCUT2D eigenvalue weighted by Gasteiger charge is -2.06. The number of nitrogens with one attached hydrogen (secondary N) is 1. The monoisotopic (exact) mass is 348 g/mol. The summed E-state index contributed by atoms with van der Waals surface area (Å²) in [6, 6.07) is 12.1. The highest BCUT2D eigenvalue weighted by Crippen LogP contribution is 2.25. The van der Waals surface area contributed by atoms with E-state index in [1.165, 1.54) is 12.7 Å². The van der Waals surface area contributed by atoms with Crippen molar-refractivity contribution in [2.75, 3.05) is 5.32 Å². The van der Waals surface area contributed by atoms with Gasteiger partial charge in [-0.25, -0.2) is 15.0 Å². The molecule has 8 heteroatoms. The summed E-state index contributed by atoms with van der Waals surface area (Å²) < 4.78 is 16.0. The fraction of sp³-hybridized carbons (Fsp3) is 0. The SMILES string of the molecule is O=C(Nc1ccc(Oc2ncccn2)cc1)c1ncoc1-c1ccco1. The quantitative estimate of drug-likeness (QED) is 0.585. The molecular formula is C18H12N4O4. The standard InChI is InChI=1S/C18H12N4O4/c23-17(15-16(25-11-21-15)14-3-1-10-24-14)22-12-4-6-13(7-5-12)26-18-19-8-2-9-20-18/h1-11H,(H,22,23). The van der Waals surface area contributed by atoms with Crippen molar-refractivity contribution >= 4 is 11.6 Å². The molecule has 8 nitrogen and oxygen atoms in total. The molecule has 1 N–H and O–H groups in total. The fourth-order valence-corrected chi connectivity index (χ4v) is 2.23. The van der Waals surface area contributed by atoms with E-state index < -0.39 is 5.91 Å². The van der Waals surface area contributed by atoms with E-state index in [2.05, 4.69) is 20.3 Å². The summed E-state index contributed by atoms with van der Waals surface area (Å²) in [4.78, 5) is 24.4. The number of furan rings is 1. The molecular weight excluding hydrogens is 336 g/mol. The molecule has 0 saturated carbocycles. The molecule has 1 amide bonds. The Morgan fingerprint density at radius 1 is 0.962 bits per heavy atom. The zero-order chi connectivity index (χ0) is 17.8. The number of hydrogen-bond acceptors (Lipinski definition) is 7. The summed E-state index contributed by atoms with van der Waals surface area (Å²) in [7, 11) is 0. The van der Waals surface area contributed by atoms with E-state index in [9.17, 15) is 4.79 Å². The summed E-state index contributed by atoms with van der Waals surface area (Å²) >= 11 is 0. The van der Waals surface area contributed by atoms with Crippen LogP contribution >= 0.6 is 0 Å². The maximum absolute atomic E-state index is 12.4. The second-order valence-electron chi connectivity index (χ2n) is 5.12. The highest BCUT2D eigenvalue weighted by Gasteiger charge is 2.20.